The standard InChI is InChI=1S/C19H30N2S.CHF3/c1-15(18-7-8-18)19-9-11-21(12-10-19)14-17-5-3-16(4-6-17)13-20-22-2;2-1(3)4/h3-6,15,18-20H,7-14H2,1-2H3;1H. The molecule has 26 heavy (non-hydrogen) atoms. The van der Waals surface area contributed by atoms with E-state index >= 15 is 0 Å². The smallest absolute Gasteiger partial charge is 0.299 e. The van der Waals surface area contributed by atoms with Gasteiger partial charge in [0.2, 0.25) is 0 Å². The molecule has 0 spiro atoms. The number of nitrogens with one attached hydrogen (secondary N) is 1. The van der Waals surface area contributed by atoms with Crippen molar-refractivity contribution < 1.29 is 13.2 Å². The van der Waals surface area contributed by atoms with E-state index in [2.05, 4.69) is 47.1 Å². The van der Waals surface area contributed by atoms with Crippen molar-refractivity contribution in [3.05, 3.63) is 35.4 Å². The molecule has 1 N–H and O–H groups in total. The Morgan fingerprint density at radius 2 is 1.50 bits per heavy atom. The van der Waals surface area contributed by atoms with E-state index in [4.69, 9.17) is 0 Å². The Hall–Kier alpha value is -0.720. The number of nitrogens with zero attached hydrogens (tertiary/aromatic N) is 1. The lowest BCUT2D eigenvalue weighted by Gasteiger charge is -2.35. The third-order valence-electron chi connectivity index (χ3n) is 5.59. The second-order valence-corrected chi connectivity index (χ2v) is 8.10. The minimum Gasteiger partial charge on any atom is -0.299 e. The average molecular weight is 389 g/mol. The van der Waals surface area contributed by atoms with Crippen molar-refractivity contribution in [1.29, 1.82) is 0 Å². The summed E-state index contributed by atoms with van der Waals surface area (Å²) < 4.78 is 32.3. The second-order valence-electron chi connectivity index (χ2n) is 7.40. The van der Waals surface area contributed by atoms with Crippen LogP contribution in [0.4, 0.5) is 13.2 Å². The molecule has 2 nitrogen and oxygen atoms in total. The first-order valence-corrected chi connectivity index (χ1v) is 10.7. The first-order chi connectivity index (χ1) is 12.5. The van der Waals surface area contributed by atoms with Crippen LogP contribution in [0.3, 0.4) is 0 Å². The number of benzene rings is 1. The SMILES string of the molecule is CSNCc1ccc(CN2CCC(C(C)C3CC3)CC2)cc1.FC(F)F. The number of alkyl halides is 3. The molecule has 1 saturated heterocycles. The van der Waals surface area contributed by atoms with Gasteiger partial charge in [0.1, 0.15) is 0 Å². The van der Waals surface area contributed by atoms with Crippen molar-refractivity contribution in [2.45, 2.75) is 52.4 Å². The maximum Gasteiger partial charge on any atom is 0.379 e. The summed E-state index contributed by atoms with van der Waals surface area (Å²) in [5.41, 5.74) is 2.83. The molecular weight excluding hydrogens is 357 g/mol. The molecule has 3 rings (SSSR count). The van der Waals surface area contributed by atoms with Crippen LogP contribution in [0, 0.1) is 17.8 Å². The van der Waals surface area contributed by atoms with E-state index in [9.17, 15) is 13.2 Å². The molecule has 2 fully saturated rings. The summed E-state index contributed by atoms with van der Waals surface area (Å²) in [6, 6.07) is 9.13. The Labute approximate surface area is 160 Å². The maximum atomic E-state index is 9.67. The van der Waals surface area contributed by atoms with Crippen LogP contribution in [0.5, 0.6) is 0 Å². The quantitative estimate of drug-likeness (QED) is 0.622. The Kier molecular flexibility index (Phi) is 9.29. The topological polar surface area (TPSA) is 15.3 Å². The maximum absolute atomic E-state index is 9.67. The summed E-state index contributed by atoms with van der Waals surface area (Å²) >= 11 is 1.68. The lowest BCUT2D eigenvalue weighted by molar-refractivity contribution is 0.00819. The van der Waals surface area contributed by atoms with Crippen molar-refractivity contribution >= 4 is 11.9 Å². The van der Waals surface area contributed by atoms with Crippen LogP contribution in [-0.2, 0) is 13.1 Å². The second kappa shape index (κ2) is 11.2. The van der Waals surface area contributed by atoms with Crippen molar-refractivity contribution in [2.75, 3.05) is 19.3 Å². The summed E-state index contributed by atoms with van der Waals surface area (Å²) in [5, 5.41) is 0. The van der Waals surface area contributed by atoms with E-state index in [1.54, 1.807) is 11.9 Å². The van der Waals surface area contributed by atoms with Crippen LogP contribution in [-0.4, -0.2) is 30.9 Å². The van der Waals surface area contributed by atoms with Crippen molar-refractivity contribution in [2.24, 2.45) is 17.8 Å². The molecule has 1 unspecified atom stereocenters. The van der Waals surface area contributed by atoms with E-state index in [1.165, 1.54) is 49.9 Å². The molecule has 1 saturated carbocycles. The molecule has 1 aliphatic heterocycles. The molecule has 0 bridgehead atoms. The van der Waals surface area contributed by atoms with Gasteiger partial charge in [-0.05, 0) is 73.9 Å². The number of hydrogen-bond acceptors (Lipinski definition) is 3. The van der Waals surface area contributed by atoms with Gasteiger partial charge in [-0.15, -0.1) is 0 Å². The van der Waals surface area contributed by atoms with Crippen LogP contribution >= 0.6 is 11.9 Å². The Morgan fingerprint density at radius 3 is 2.00 bits per heavy atom. The largest absolute Gasteiger partial charge is 0.379 e. The van der Waals surface area contributed by atoms with Gasteiger partial charge < -0.3 is 0 Å². The fraction of sp³-hybridized carbons (Fsp3) is 0.700. The Balaban J connectivity index is 0.000000552. The summed E-state index contributed by atoms with van der Waals surface area (Å²) in [7, 11) is 0. The molecule has 0 radical (unpaired) electrons. The summed E-state index contributed by atoms with van der Waals surface area (Å²) in [6.45, 7) is 3.49. The third kappa shape index (κ3) is 7.89. The first kappa shape index (κ1) is 21.6. The van der Waals surface area contributed by atoms with Gasteiger partial charge in [-0.3, -0.25) is 9.62 Å². The minimum atomic E-state index is -3.67. The van der Waals surface area contributed by atoms with E-state index in [-0.39, 0.29) is 0 Å². The number of likely N-dealkylation sites (tertiary alicyclic amines) is 1. The van der Waals surface area contributed by atoms with Gasteiger partial charge in [-0.25, -0.2) is 0 Å². The van der Waals surface area contributed by atoms with Gasteiger partial charge >= 0.3 is 6.68 Å². The number of piperidine rings is 1. The molecule has 2 aliphatic rings. The van der Waals surface area contributed by atoms with Crippen LogP contribution in [0.1, 0.15) is 43.7 Å². The van der Waals surface area contributed by atoms with E-state index in [0.717, 1.165) is 30.8 Å². The highest BCUT2D eigenvalue weighted by Gasteiger charge is 2.34. The molecule has 1 aromatic rings. The molecule has 1 aromatic carbocycles. The molecule has 148 valence electrons. The van der Waals surface area contributed by atoms with Gasteiger partial charge in [-0.1, -0.05) is 43.1 Å². The highest BCUT2D eigenvalue weighted by molar-refractivity contribution is 7.96. The van der Waals surface area contributed by atoms with Gasteiger partial charge in [0.25, 0.3) is 0 Å². The lowest BCUT2D eigenvalue weighted by atomic mass is 9.82. The van der Waals surface area contributed by atoms with Crippen LogP contribution in [0.15, 0.2) is 24.3 Å². The highest BCUT2D eigenvalue weighted by Crippen LogP contribution is 2.43. The fourth-order valence-corrected chi connectivity index (χ4v) is 4.13. The number of rotatable bonds is 7. The molecule has 1 aliphatic carbocycles. The van der Waals surface area contributed by atoms with Crippen LogP contribution < -0.4 is 4.72 Å². The van der Waals surface area contributed by atoms with Gasteiger partial charge in [0.15, 0.2) is 0 Å². The normalized spacial score (nSPS) is 19.9. The molecule has 1 atom stereocenters. The molecule has 6 heteroatoms. The predicted molar refractivity (Wildman–Crippen MR) is 104 cm³/mol. The summed E-state index contributed by atoms with van der Waals surface area (Å²) in [5.74, 6) is 3.04. The van der Waals surface area contributed by atoms with E-state index in [0.29, 0.717) is 0 Å². The zero-order valence-corrected chi connectivity index (χ0v) is 16.6. The van der Waals surface area contributed by atoms with Gasteiger partial charge in [0, 0.05) is 13.1 Å². The average Bonchev–Trinajstić information content (AvgIpc) is 3.46. The third-order valence-corrected chi connectivity index (χ3v) is 6.02. The Bertz CT molecular complexity index is 498. The van der Waals surface area contributed by atoms with Crippen LogP contribution in [0.25, 0.3) is 0 Å². The minimum absolute atomic E-state index is 0.950. The fourth-order valence-electron chi connectivity index (χ4n) is 3.82. The predicted octanol–water partition coefficient (Wildman–Crippen LogP) is 5.49. The molecule has 0 amide bonds. The first-order valence-electron chi connectivity index (χ1n) is 9.47. The Morgan fingerprint density at radius 1 is 1.00 bits per heavy atom. The zero-order valence-electron chi connectivity index (χ0n) is 15.8. The van der Waals surface area contributed by atoms with Crippen LogP contribution in [0.2, 0.25) is 0 Å². The number of halogens is 3. The van der Waals surface area contributed by atoms with E-state index < -0.39 is 6.68 Å². The summed E-state index contributed by atoms with van der Waals surface area (Å²) in [4.78, 5) is 2.64. The number of hydrogen-bond donors (Lipinski definition) is 1. The zero-order chi connectivity index (χ0) is 18.9. The molecular formula is C20H31F3N2S. The monoisotopic (exact) mass is 388 g/mol. The van der Waals surface area contributed by atoms with Crippen molar-refractivity contribution in [3.8, 4) is 0 Å². The van der Waals surface area contributed by atoms with Gasteiger partial charge in [0.05, 0.1) is 0 Å². The van der Waals surface area contributed by atoms with Crippen molar-refractivity contribution in [1.82, 2.24) is 9.62 Å². The summed E-state index contributed by atoms with van der Waals surface area (Å²) in [6.07, 6.45) is 7.89. The van der Waals surface area contributed by atoms with Gasteiger partial charge in [-0.2, -0.15) is 13.2 Å². The molecule has 0 aromatic heterocycles. The molecule has 1 heterocycles. The lowest BCUT2D eigenvalue weighted by Crippen LogP contribution is -2.35. The van der Waals surface area contributed by atoms with Crippen molar-refractivity contribution in [3.63, 3.8) is 0 Å². The van der Waals surface area contributed by atoms with E-state index in [1.807, 2.05) is 0 Å². The highest BCUT2D eigenvalue weighted by atomic mass is 32.2.